The highest BCUT2D eigenvalue weighted by Crippen LogP contribution is 2.16. The Morgan fingerprint density at radius 1 is 1.19 bits per heavy atom. The van der Waals surface area contributed by atoms with Gasteiger partial charge in [-0.3, -0.25) is 14.7 Å². The van der Waals surface area contributed by atoms with E-state index in [0.29, 0.717) is 12.0 Å². The maximum absolute atomic E-state index is 11.3. The molecule has 1 saturated carbocycles. The molecule has 0 spiro atoms. The average Bonchev–Trinajstić information content (AvgIpc) is 2.49. The lowest BCUT2D eigenvalue weighted by atomic mass is 9.96. The predicted molar refractivity (Wildman–Crippen MR) is 85.2 cm³/mol. The molecular formula is C15H29N5O. The summed E-state index contributed by atoms with van der Waals surface area (Å²) in [6, 6.07) is 0.515. The molecule has 0 radical (unpaired) electrons. The van der Waals surface area contributed by atoms with E-state index < -0.39 is 0 Å². The van der Waals surface area contributed by atoms with Crippen molar-refractivity contribution in [2.45, 2.75) is 45.1 Å². The molecule has 0 atom stereocenters. The van der Waals surface area contributed by atoms with Gasteiger partial charge in [-0.15, -0.1) is 0 Å². The van der Waals surface area contributed by atoms with E-state index in [2.05, 4.69) is 15.2 Å². The Labute approximate surface area is 127 Å². The lowest BCUT2D eigenvalue weighted by Crippen LogP contribution is -2.48. The van der Waals surface area contributed by atoms with E-state index in [1.54, 1.807) is 6.92 Å². The van der Waals surface area contributed by atoms with E-state index in [1.807, 2.05) is 4.90 Å². The Hall–Kier alpha value is -1.30. The molecule has 21 heavy (non-hydrogen) atoms. The first-order chi connectivity index (χ1) is 10.1. The molecule has 0 unspecified atom stereocenters. The summed E-state index contributed by atoms with van der Waals surface area (Å²) in [4.78, 5) is 19.9. The van der Waals surface area contributed by atoms with E-state index in [1.165, 1.54) is 32.1 Å². The molecule has 2 fully saturated rings. The fraction of sp³-hybridized carbons (Fsp3) is 0.867. The van der Waals surface area contributed by atoms with Crippen molar-refractivity contribution in [1.29, 1.82) is 0 Å². The quantitative estimate of drug-likeness (QED) is 0.581. The van der Waals surface area contributed by atoms with Crippen LogP contribution in [0.3, 0.4) is 0 Å². The Morgan fingerprint density at radius 2 is 1.86 bits per heavy atom. The SMILES string of the molecule is CC(=O)N1CCN(CCN=C(N)NC2CCCCC2)CC1. The van der Waals surface area contributed by atoms with E-state index >= 15 is 0 Å². The largest absolute Gasteiger partial charge is 0.370 e. The topological polar surface area (TPSA) is 74.0 Å². The van der Waals surface area contributed by atoms with Crippen LogP contribution in [0.5, 0.6) is 0 Å². The number of amides is 1. The van der Waals surface area contributed by atoms with Gasteiger partial charge in [-0.2, -0.15) is 0 Å². The monoisotopic (exact) mass is 295 g/mol. The van der Waals surface area contributed by atoms with Crippen molar-refractivity contribution in [1.82, 2.24) is 15.1 Å². The second kappa shape index (κ2) is 8.22. The van der Waals surface area contributed by atoms with Gasteiger partial charge < -0.3 is 16.0 Å². The smallest absolute Gasteiger partial charge is 0.219 e. The van der Waals surface area contributed by atoms with Crippen molar-refractivity contribution in [2.75, 3.05) is 39.3 Å². The molecule has 3 N–H and O–H groups in total. The van der Waals surface area contributed by atoms with Crippen LogP contribution in [0.2, 0.25) is 0 Å². The third kappa shape index (κ3) is 5.53. The normalized spacial score (nSPS) is 22.3. The summed E-state index contributed by atoms with van der Waals surface area (Å²) in [6.45, 7) is 6.81. The molecule has 6 heteroatoms. The number of carbonyl (C=O) groups excluding carboxylic acids is 1. The van der Waals surface area contributed by atoms with Gasteiger partial charge in [-0.1, -0.05) is 19.3 Å². The summed E-state index contributed by atoms with van der Waals surface area (Å²) < 4.78 is 0. The van der Waals surface area contributed by atoms with Crippen LogP contribution in [-0.4, -0.2) is 67.0 Å². The lowest BCUT2D eigenvalue weighted by molar-refractivity contribution is -0.130. The minimum Gasteiger partial charge on any atom is -0.370 e. The molecule has 1 aliphatic carbocycles. The van der Waals surface area contributed by atoms with Crippen molar-refractivity contribution < 1.29 is 4.79 Å². The van der Waals surface area contributed by atoms with E-state index in [-0.39, 0.29) is 5.91 Å². The number of nitrogens with one attached hydrogen (secondary N) is 1. The minimum absolute atomic E-state index is 0.175. The van der Waals surface area contributed by atoms with Crippen LogP contribution in [0.25, 0.3) is 0 Å². The molecule has 2 aliphatic rings. The number of guanidine groups is 1. The maximum atomic E-state index is 11.3. The van der Waals surface area contributed by atoms with Gasteiger partial charge in [0.05, 0.1) is 6.54 Å². The first-order valence-corrected chi connectivity index (χ1v) is 8.19. The highest BCUT2D eigenvalue weighted by Gasteiger charge is 2.18. The molecule has 1 aliphatic heterocycles. The van der Waals surface area contributed by atoms with Crippen molar-refractivity contribution >= 4 is 11.9 Å². The highest BCUT2D eigenvalue weighted by molar-refractivity contribution is 5.78. The molecule has 120 valence electrons. The van der Waals surface area contributed by atoms with Gasteiger partial charge in [0.2, 0.25) is 5.91 Å². The molecular weight excluding hydrogens is 266 g/mol. The van der Waals surface area contributed by atoms with Gasteiger partial charge in [0.25, 0.3) is 0 Å². The van der Waals surface area contributed by atoms with Crippen LogP contribution in [-0.2, 0) is 4.79 Å². The van der Waals surface area contributed by atoms with Gasteiger partial charge in [-0.25, -0.2) is 0 Å². The van der Waals surface area contributed by atoms with E-state index in [0.717, 1.165) is 39.3 Å². The molecule has 1 heterocycles. The number of rotatable bonds is 4. The summed E-state index contributed by atoms with van der Waals surface area (Å²) in [6.07, 6.45) is 6.37. The first-order valence-electron chi connectivity index (χ1n) is 8.19. The van der Waals surface area contributed by atoms with Gasteiger partial charge in [0.1, 0.15) is 0 Å². The number of nitrogens with zero attached hydrogens (tertiary/aromatic N) is 3. The number of carbonyl (C=O) groups is 1. The number of hydrogen-bond donors (Lipinski definition) is 2. The molecule has 0 aromatic heterocycles. The van der Waals surface area contributed by atoms with Crippen molar-refractivity contribution in [3.05, 3.63) is 0 Å². The highest BCUT2D eigenvalue weighted by atomic mass is 16.2. The van der Waals surface area contributed by atoms with Crippen molar-refractivity contribution in [3.63, 3.8) is 0 Å². The molecule has 1 amide bonds. The molecule has 2 rings (SSSR count). The average molecular weight is 295 g/mol. The van der Waals surface area contributed by atoms with Crippen LogP contribution in [0.4, 0.5) is 0 Å². The second-order valence-corrected chi connectivity index (χ2v) is 6.09. The third-order valence-electron chi connectivity index (χ3n) is 4.47. The van der Waals surface area contributed by atoms with Crippen LogP contribution in [0.1, 0.15) is 39.0 Å². The van der Waals surface area contributed by atoms with Crippen molar-refractivity contribution in [3.8, 4) is 0 Å². The van der Waals surface area contributed by atoms with Crippen LogP contribution in [0, 0.1) is 0 Å². The summed E-state index contributed by atoms with van der Waals surface area (Å²) in [5.41, 5.74) is 5.95. The maximum Gasteiger partial charge on any atom is 0.219 e. The fourth-order valence-electron chi connectivity index (χ4n) is 3.10. The zero-order chi connectivity index (χ0) is 15.1. The van der Waals surface area contributed by atoms with Gasteiger partial charge in [0, 0.05) is 45.7 Å². The first kappa shape index (κ1) is 16.1. The number of nitrogens with two attached hydrogens (primary N) is 1. The number of piperazine rings is 1. The summed E-state index contributed by atoms with van der Waals surface area (Å²) in [5, 5.41) is 3.33. The Kier molecular flexibility index (Phi) is 6.29. The van der Waals surface area contributed by atoms with E-state index in [9.17, 15) is 4.79 Å². The Balaban J connectivity index is 1.62. The molecule has 0 aromatic carbocycles. The fourth-order valence-corrected chi connectivity index (χ4v) is 3.10. The van der Waals surface area contributed by atoms with Crippen molar-refractivity contribution in [2.24, 2.45) is 10.7 Å². The predicted octanol–water partition coefficient (Wildman–Crippen LogP) is 0.388. The molecule has 0 bridgehead atoms. The third-order valence-corrected chi connectivity index (χ3v) is 4.47. The second-order valence-electron chi connectivity index (χ2n) is 6.09. The summed E-state index contributed by atoms with van der Waals surface area (Å²) in [7, 11) is 0. The van der Waals surface area contributed by atoms with Crippen LogP contribution in [0.15, 0.2) is 4.99 Å². The molecule has 0 aromatic rings. The molecule has 1 saturated heterocycles. The van der Waals surface area contributed by atoms with Gasteiger partial charge >= 0.3 is 0 Å². The minimum atomic E-state index is 0.175. The standard InChI is InChI=1S/C15H29N5O/c1-13(21)20-11-9-19(10-12-20)8-7-17-15(16)18-14-5-3-2-4-6-14/h14H,2-12H2,1H3,(H3,16,17,18). The van der Waals surface area contributed by atoms with E-state index in [4.69, 9.17) is 5.73 Å². The van der Waals surface area contributed by atoms with Gasteiger partial charge in [0.15, 0.2) is 5.96 Å². The Bertz CT molecular complexity index is 357. The number of hydrogen-bond acceptors (Lipinski definition) is 3. The Morgan fingerprint density at radius 3 is 2.48 bits per heavy atom. The van der Waals surface area contributed by atoms with Crippen LogP contribution < -0.4 is 11.1 Å². The van der Waals surface area contributed by atoms with Crippen LogP contribution >= 0.6 is 0 Å². The summed E-state index contributed by atoms with van der Waals surface area (Å²) in [5.74, 6) is 0.762. The lowest BCUT2D eigenvalue weighted by Gasteiger charge is -2.33. The zero-order valence-electron chi connectivity index (χ0n) is 13.2. The number of aliphatic imine (C=N–C) groups is 1. The summed E-state index contributed by atoms with van der Waals surface area (Å²) >= 11 is 0. The molecule has 6 nitrogen and oxygen atoms in total. The zero-order valence-corrected chi connectivity index (χ0v) is 13.2. The van der Waals surface area contributed by atoms with Gasteiger partial charge in [-0.05, 0) is 12.8 Å².